The maximum absolute atomic E-state index is 12.8. The minimum Gasteiger partial charge on any atom is -0.477 e. The van der Waals surface area contributed by atoms with Gasteiger partial charge in [0, 0.05) is 17.9 Å². The van der Waals surface area contributed by atoms with Crippen molar-refractivity contribution in [2.75, 3.05) is 18.6 Å². The molecule has 2 aliphatic heterocycles. The normalized spacial score (nSPS) is 19.3. The standard InChI is InChI=1S/C18H19N7O7S3/c1-8-20-21-18(35-8)34-7-9-6-33-16-12(15(27)24(16)13(9)17(28)29)19-11(26)3-4-23-5-10(25(30)31)14(22-23)32-2/h5,12,16H,3-4,6-7H2,1-2H3,(H,19,26)(H,28,29)/t12-,16+/m1/s1. The molecule has 186 valence electrons. The molecular weight excluding hydrogens is 522 g/mol. The number of aliphatic carboxylic acids is 1. The van der Waals surface area contributed by atoms with Crippen LogP contribution in [-0.2, 0) is 20.9 Å². The monoisotopic (exact) mass is 541 g/mol. The summed E-state index contributed by atoms with van der Waals surface area (Å²) in [7, 11) is 1.25. The zero-order valence-electron chi connectivity index (χ0n) is 18.4. The fraction of sp³-hybridized carbons (Fsp3) is 0.444. The third kappa shape index (κ3) is 5.10. The third-order valence-electron chi connectivity index (χ3n) is 5.11. The van der Waals surface area contributed by atoms with Crippen molar-refractivity contribution in [3.05, 3.63) is 32.6 Å². The van der Waals surface area contributed by atoms with E-state index in [0.717, 1.165) is 11.2 Å². The highest BCUT2D eigenvalue weighted by atomic mass is 32.2. The summed E-state index contributed by atoms with van der Waals surface area (Å²) >= 11 is 4.15. The van der Waals surface area contributed by atoms with Gasteiger partial charge in [0.2, 0.25) is 5.91 Å². The first-order chi connectivity index (χ1) is 16.7. The lowest BCUT2D eigenvalue weighted by Crippen LogP contribution is -2.70. The van der Waals surface area contributed by atoms with Crippen molar-refractivity contribution in [1.29, 1.82) is 0 Å². The number of rotatable bonds is 10. The van der Waals surface area contributed by atoms with Crippen LogP contribution in [0.2, 0.25) is 0 Å². The van der Waals surface area contributed by atoms with Gasteiger partial charge in [0.1, 0.15) is 28.3 Å². The highest BCUT2D eigenvalue weighted by Gasteiger charge is 2.54. The van der Waals surface area contributed by atoms with Gasteiger partial charge in [-0.1, -0.05) is 23.1 Å². The van der Waals surface area contributed by atoms with Crippen LogP contribution in [-0.4, -0.2) is 82.7 Å². The molecule has 0 aliphatic carbocycles. The molecule has 0 radical (unpaired) electrons. The van der Waals surface area contributed by atoms with Gasteiger partial charge in [-0.25, -0.2) is 4.79 Å². The molecule has 0 saturated carbocycles. The highest BCUT2D eigenvalue weighted by Crippen LogP contribution is 2.41. The SMILES string of the molecule is COc1nn(CCC(=O)N[C@@H]2C(=O)N3C(C(=O)O)=C(CSc4nnc(C)s4)CS[C@@H]23)cc1[N+](=O)[O-]. The third-order valence-corrected chi connectivity index (χ3v) is 8.51. The van der Waals surface area contributed by atoms with Gasteiger partial charge in [-0.05, 0) is 12.5 Å². The Morgan fingerprint density at radius 2 is 2.20 bits per heavy atom. The van der Waals surface area contributed by atoms with Gasteiger partial charge in [0.25, 0.3) is 5.91 Å². The predicted molar refractivity (Wildman–Crippen MR) is 125 cm³/mol. The fourth-order valence-corrected chi connectivity index (χ4v) is 6.82. The predicted octanol–water partition coefficient (Wildman–Crippen LogP) is 0.881. The number of methoxy groups -OCH3 is 1. The number of carboxylic acids is 1. The molecule has 2 N–H and O–H groups in total. The molecule has 2 aromatic heterocycles. The number of nitrogens with zero attached hydrogens (tertiary/aromatic N) is 6. The van der Waals surface area contributed by atoms with Crippen LogP contribution in [0.3, 0.4) is 0 Å². The Bertz CT molecular complexity index is 1230. The summed E-state index contributed by atoms with van der Waals surface area (Å²) in [5, 5.41) is 35.5. The van der Waals surface area contributed by atoms with Gasteiger partial charge in [0.15, 0.2) is 4.34 Å². The molecule has 4 rings (SSSR count). The Hall–Kier alpha value is -3.18. The van der Waals surface area contributed by atoms with E-state index in [9.17, 15) is 29.6 Å². The molecule has 0 unspecified atom stereocenters. The molecule has 2 atom stereocenters. The summed E-state index contributed by atoms with van der Waals surface area (Å²) in [5.41, 5.74) is 0.220. The minimum atomic E-state index is -1.20. The van der Waals surface area contributed by atoms with E-state index in [1.165, 1.54) is 51.6 Å². The van der Waals surface area contributed by atoms with Crippen LogP contribution in [0.15, 0.2) is 21.8 Å². The summed E-state index contributed by atoms with van der Waals surface area (Å²) in [6, 6.07) is -0.858. The van der Waals surface area contributed by atoms with E-state index in [1.54, 1.807) is 0 Å². The van der Waals surface area contributed by atoms with E-state index in [4.69, 9.17) is 4.74 Å². The first kappa shape index (κ1) is 24.9. The fourth-order valence-electron chi connectivity index (χ4n) is 3.52. The molecule has 1 fully saturated rings. The number of ether oxygens (including phenoxy) is 1. The Kier molecular flexibility index (Phi) is 7.27. The van der Waals surface area contributed by atoms with E-state index in [1.807, 2.05) is 6.92 Å². The van der Waals surface area contributed by atoms with Crippen LogP contribution >= 0.6 is 34.9 Å². The number of hydrogen-bond donors (Lipinski definition) is 2. The molecule has 14 nitrogen and oxygen atoms in total. The van der Waals surface area contributed by atoms with Crippen molar-refractivity contribution >= 4 is 58.3 Å². The number of carbonyl (C=O) groups is 3. The van der Waals surface area contributed by atoms with Gasteiger partial charge < -0.3 is 15.2 Å². The maximum atomic E-state index is 12.8. The van der Waals surface area contributed by atoms with Gasteiger partial charge in [-0.2, -0.15) is 0 Å². The molecule has 4 heterocycles. The first-order valence-electron chi connectivity index (χ1n) is 10.1. The van der Waals surface area contributed by atoms with Crippen LogP contribution in [0.4, 0.5) is 5.69 Å². The summed E-state index contributed by atoms with van der Waals surface area (Å²) in [6.07, 6.45) is 1.07. The van der Waals surface area contributed by atoms with E-state index < -0.39 is 34.1 Å². The number of aromatic nitrogens is 4. The molecule has 2 aliphatic rings. The average Bonchev–Trinajstić information content (AvgIpc) is 3.44. The molecular formula is C18H19N7O7S3. The van der Waals surface area contributed by atoms with Crippen LogP contribution in [0, 0.1) is 17.0 Å². The van der Waals surface area contributed by atoms with Gasteiger partial charge in [-0.3, -0.25) is 29.3 Å². The van der Waals surface area contributed by atoms with Gasteiger partial charge in [0.05, 0.1) is 18.6 Å². The molecule has 0 bridgehead atoms. The summed E-state index contributed by atoms with van der Waals surface area (Å²) in [5.74, 6) is -1.58. The van der Waals surface area contributed by atoms with Crippen molar-refractivity contribution < 1.29 is 29.2 Å². The van der Waals surface area contributed by atoms with Crippen LogP contribution < -0.4 is 10.1 Å². The first-order valence-corrected chi connectivity index (χ1v) is 12.9. The summed E-state index contributed by atoms with van der Waals surface area (Å²) in [6.45, 7) is 1.86. The Balaban J connectivity index is 1.36. The van der Waals surface area contributed by atoms with Crippen LogP contribution in [0.25, 0.3) is 0 Å². The second-order valence-corrected chi connectivity index (χ2v) is 10.9. The number of carboxylic acid groups (broad SMARTS) is 1. The van der Waals surface area contributed by atoms with Crippen molar-refractivity contribution in [3.63, 3.8) is 0 Å². The highest BCUT2D eigenvalue weighted by molar-refractivity contribution is 8.01. The van der Waals surface area contributed by atoms with Crippen LogP contribution in [0.1, 0.15) is 11.4 Å². The summed E-state index contributed by atoms with van der Waals surface area (Å²) in [4.78, 5) is 48.7. The lowest BCUT2D eigenvalue weighted by atomic mass is 10.0. The maximum Gasteiger partial charge on any atom is 0.352 e. The van der Waals surface area contributed by atoms with Crippen molar-refractivity contribution in [3.8, 4) is 5.88 Å². The van der Waals surface area contributed by atoms with E-state index >= 15 is 0 Å². The number of hydrogen-bond acceptors (Lipinski definition) is 12. The lowest BCUT2D eigenvalue weighted by Gasteiger charge is -2.49. The topological polar surface area (TPSA) is 183 Å². The number of thioether (sulfide) groups is 2. The number of nitro groups is 1. The molecule has 17 heteroatoms. The average molecular weight is 542 g/mol. The molecule has 2 aromatic rings. The number of carbonyl (C=O) groups excluding carboxylic acids is 2. The van der Waals surface area contributed by atoms with E-state index in [2.05, 4.69) is 20.6 Å². The Morgan fingerprint density at radius 3 is 2.80 bits per heavy atom. The minimum absolute atomic E-state index is 0.0329. The molecule has 0 spiro atoms. The Labute approximate surface area is 210 Å². The van der Waals surface area contributed by atoms with E-state index in [-0.39, 0.29) is 30.2 Å². The smallest absolute Gasteiger partial charge is 0.352 e. The van der Waals surface area contributed by atoms with Gasteiger partial charge in [-0.15, -0.1) is 27.1 Å². The zero-order chi connectivity index (χ0) is 25.3. The number of nitrogens with one attached hydrogen (secondary N) is 1. The van der Waals surface area contributed by atoms with Gasteiger partial charge >= 0.3 is 17.5 Å². The van der Waals surface area contributed by atoms with Crippen molar-refractivity contribution in [2.45, 2.75) is 35.6 Å². The van der Waals surface area contributed by atoms with Crippen LogP contribution in [0.5, 0.6) is 5.88 Å². The molecule has 0 aromatic carbocycles. The second kappa shape index (κ2) is 10.2. The zero-order valence-corrected chi connectivity index (χ0v) is 20.8. The lowest BCUT2D eigenvalue weighted by molar-refractivity contribution is -0.385. The molecule has 35 heavy (non-hydrogen) atoms. The van der Waals surface area contributed by atoms with Crippen molar-refractivity contribution in [2.24, 2.45) is 0 Å². The molecule has 2 amide bonds. The van der Waals surface area contributed by atoms with E-state index in [0.29, 0.717) is 21.4 Å². The largest absolute Gasteiger partial charge is 0.477 e. The summed E-state index contributed by atoms with van der Waals surface area (Å²) < 4.78 is 6.79. The Morgan fingerprint density at radius 1 is 1.43 bits per heavy atom. The van der Waals surface area contributed by atoms with Crippen molar-refractivity contribution in [1.82, 2.24) is 30.2 Å². The second-order valence-electron chi connectivity index (χ2n) is 7.38. The number of aryl methyl sites for hydroxylation is 2. The number of β-lactam (4-membered cyclic amide) rings is 1. The number of amides is 2. The quantitative estimate of drug-likeness (QED) is 0.188. The molecule has 1 saturated heterocycles. The number of fused-ring (bicyclic) bond motifs is 1.